The number of hydrogen-bond donors (Lipinski definition) is 1. The van der Waals surface area contributed by atoms with E-state index in [4.69, 9.17) is 9.47 Å². The van der Waals surface area contributed by atoms with Gasteiger partial charge in [-0.3, -0.25) is 9.59 Å². The zero-order valence-electron chi connectivity index (χ0n) is 17.1. The number of quaternary nitrogens is 1. The molecule has 5 aliphatic rings. The summed E-state index contributed by atoms with van der Waals surface area (Å²) in [7, 11) is 2.30. The van der Waals surface area contributed by atoms with Crippen LogP contribution in [0.4, 0.5) is 0 Å². The lowest BCUT2D eigenvalue weighted by Crippen LogP contribution is -2.80. The molecule has 6 rings (SSSR count). The normalized spacial score (nSPS) is 41.6. The second-order valence-electron chi connectivity index (χ2n) is 10.2. The van der Waals surface area contributed by atoms with E-state index in [1.54, 1.807) is 6.07 Å². The van der Waals surface area contributed by atoms with Crippen molar-refractivity contribution in [1.82, 2.24) is 0 Å². The van der Waals surface area contributed by atoms with Crippen molar-refractivity contribution in [3.05, 3.63) is 23.3 Å². The molecule has 0 amide bonds. The summed E-state index contributed by atoms with van der Waals surface area (Å²) < 4.78 is 12.6. The van der Waals surface area contributed by atoms with Gasteiger partial charge >= 0.3 is 5.97 Å². The molecule has 2 saturated carbocycles. The first-order valence-corrected chi connectivity index (χ1v) is 10.9. The third-order valence-corrected chi connectivity index (χ3v) is 8.51. The van der Waals surface area contributed by atoms with Gasteiger partial charge in [-0.05, 0) is 30.9 Å². The predicted molar refractivity (Wildman–Crippen MR) is 104 cm³/mol. The number of rotatable bonds is 3. The van der Waals surface area contributed by atoms with Crippen LogP contribution in [0.15, 0.2) is 12.1 Å². The standard InChI is InChI=1S/C23H28NO5/c1-13(25)28-17-6-5-15-11-18-23(27)8-7-16(26)21-22(23,19(15)20(17)29-21)9-10-24(18,2)12-14-3-4-14/h5-6,14,18,21,27H,3-4,7-12H2,1-2H3/q+1/t18?,21-,22-,23+,24-/m0/s1. The quantitative estimate of drug-likeness (QED) is 0.478. The van der Waals surface area contributed by atoms with E-state index >= 15 is 0 Å². The lowest BCUT2D eigenvalue weighted by molar-refractivity contribution is -0.950. The number of piperidine rings is 1. The Balaban J connectivity index is 1.57. The van der Waals surface area contributed by atoms with Crippen LogP contribution < -0.4 is 9.47 Å². The first-order valence-electron chi connectivity index (χ1n) is 10.9. The van der Waals surface area contributed by atoms with Gasteiger partial charge in [0.15, 0.2) is 23.4 Å². The van der Waals surface area contributed by atoms with Crippen LogP contribution >= 0.6 is 0 Å². The fourth-order valence-electron chi connectivity index (χ4n) is 7.16. The highest BCUT2D eigenvalue weighted by Gasteiger charge is 2.76. The molecular weight excluding hydrogens is 370 g/mol. The van der Waals surface area contributed by atoms with E-state index in [9.17, 15) is 14.7 Å². The molecule has 1 aromatic rings. The van der Waals surface area contributed by atoms with E-state index in [0.29, 0.717) is 24.3 Å². The molecule has 154 valence electrons. The minimum Gasteiger partial charge on any atom is -0.477 e. The minimum atomic E-state index is -0.972. The Bertz CT molecular complexity index is 955. The molecule has 29 heavy (non-hydrogen) atoms. The number of ketones is 1. The number of carbonyl (C=O) groups is 2. The molecule has 0 aromatic heterocycles. The van der Waals surface area contributed by atoms with Crippen LogP contribution in [0.5, 0.6) is 11.5 Å². The Morgan fingerprint density at radius 2 is 2.14 bits per heavy atom. The average molecular weight is 398 g/mol. The molecule has 1 spiro atoms. The van der Waals surface area contributed by atoms with Gasteiger partial charge in [-0.25, -0.2) is 0 Å². The van der Waals surface area contributed by atoms with Gasteiger partial charge in [0.05, 0.1) is 25.6 Å². The number of likely N-dealkylation sites (N-methyl/N-ethyl adjacent to an activating group) is 1. The highest BCUT2D eigenvalue weighted by atomic mass is 16.6. The SMILES string of the molecule is CC(=O)Oc1ccc2c3c1O[C@H]1C(=O)CC[C@@]4(O)C(C2)[N@+](C)(CC2CC2)CC[C@]314. The van der Waals surface area contributed by atoms with Gasteiger partial charge in [0.25, 0.3) is 0 Å². The van der Waals surface area contributed by atoms with Gasteiger partial charge < -0.3 is 19.1 Å². The lowest BCUT2D eigenvalue weighted by atomic mass is 9.48. The fourth-order valence-corrected chi connectivity index (χ4v) is 7.16. The number of aliphatic hydroxyl groups is 1. The zero-order valence-corrected chi connectivity index (χ0v) is 17.1. The predicted octanol–water partition coefficient (Wildman–Crippen LogP) is 1.89. The molecule has 1 unspecified atom stereocenters. The molecule has 1 saturated heterocycles. The highest BCUT2D eigenvalue weighted by molar-refractivity contribution is 5.90. The second kappa shape index (κ2) is 5.41. The third kappa shape index (κ3) is 2.09. The molecule has 1 N–H and O–H groups in total. The Morgan fingerprint density at radius 3 is 2.86 bits per heavy atom. The van der Waals surface area contributed by atoms with Gasteiger partial charge in [0, 0.05) is 37.7 Å². The summed E-state index contributed by atoms with van der Waals surface area (Å²) in [5, 5.41) is 12.3. The maximum Gasteiger partial charge on any atom is 0.308 e. The smallest absolute Gasteiger partial charge is 0.308 e. The average Bonchev–Trinajstić information content (AvgIpc) is 3.38. The summed E-state index contributed by atoms with van der Waals surface area (Å²) in [5.41, 5.74) is 0.391. The summed E-state index contributed by atoms with van der Waals surface area (Å²) >= 11 is 0. The molecule has 6 heteroatoms. The van der Waals surface area contributed by atoms with Crippen LogP contribution in [0.3, 0.4) is 0 Å². The summed E-state index contributed by atoms with van der Waals surface area (Å²) in [4.78, 5) is 24.6. The summed E-state index contributed by atoms with van der Waals surface area (Å²) in [6, 6.07) is 3.87. The van der Waals surface area contributed by atoms with Crippen LogP contribution in [0, 0.1) is 5.92 Å². The van der Waals surface area contributed by atoms with Crippen molar-refractivity contribution < 1.29 is 28.7 Å². The third-order valence-electron chi connectivity index (χ3n) is 8.51. The topological polar surface area (TPSA) is 72.8 Å². The van der Waals surface area contributed by atoms with Crippen molar-refractivity contribution in [2.75, 3.05) is 20.1 Å². The Morgan fingerprint density at radius 1 is 1.34 bits per heavy atom. The van der Waals surface area contributed by atoms with Gasteiger partial charge in [0.1, 0.15) is 11.6 Å². The van der Waals surface area contributed by atoms with Crippen LogP contribution in [-0.2, 0) is 21.4 Å². The van der Waals surface area contributed by atoms with Crippen molar-refractivity contribution in [2.45, 2.75) is 68.6 Å². The van der Waals surface area contributed by atoms with Crippen LogP contribution in [0.1, 0.15) is 50.2 Å². The van der Waals surface area contributed by atoms with E-state index in [-0.39, 0.29) is 11.8 Å². The minimum absolute atomic E-state index is 0.0598. The number of esters is 1. The summed E-state index contributed by atoms with van der Waals surface area (Å²) in [6.07, 6.45) is 4.24. The number of benzene rings is 1. The Labute approximate surface area is 170 Å². The molecule has 0 radical (unpaired) electrons. The highest BCUT2D eigenvalue weighted by Crippen LogP contribution is 2.66. The van der Waals surface area contributed by atoms with Crippen molar-refractivity contribution in [2.24, 2.45) is 5.92 Å². The van der Waals surface area contributed by atoms with E-state index in [1.807, 2.05) is 6.07 Å². The molecular formula is C23H28NO5+. The number of ether oxygens (including phenoxy) is 2. The second-order valence-corrected chi connectivity index (χ2v) is 10.2. The van der Waals surface area contributed by atoms with Gasteiger partial charge in [-0.2, -0.15) is 0 Å². The maximum atomic E-state index is 13.0. The number of hydrogen-bond acceptors (Lipinski definition) is 5. The monoisotopic (exact) mass is 398 g/mol. The Kier molecular flexibility index (Phi) is 3.34. The van der Waals surface area contributed by atoms with Crippen molar-refractivity contribution >= 4 is 11.8 Å². The summed E-state index contributed by atoms with van der Waals surface area (Å²) in [6.45, 7) is 3.41. The number of carbonyl (C=O) groups excluding carboxylic acids is 2. The van der Waals surface area contributed by atoms with Crippen LogP contribution in [-0.4, -0.2) is 59.2 Å². The maximum absolute atomic E-state index is 13.0. The first-order chi connectivity index (χ1) is 13.8. The fraction of sp³-hybridized carbons (Fsp3) is 0.652. The molecule has 1 aromatic carbocycles. The number of likely N-dealkylation sites (tertiary alicyclic amines) is 1. The van der Waals surface area contributed by atoms with Gasteiger partial charge in [-0.1, -0.05) is 6.07 Å². The van der Waals surface area contributed by atoms with Crippen molar-refractivity contribution in [3.8, 4) is 11.5 Å². The number of nitrogens with zero attached hydrogens (tertiary/aromatic N) is 1. The molecule has 3 fully saturated rings. The van der Waals surface area contributed by atoms with E-state index in [2.05, 4.69) is 7.05 Å². The zero-order chi connectivity index (χ0) is 20.2. The summed E-state index contributed by atoms with van der Waals surface area (Å²) in [5.74, 6) is 1.29. The lowest BCUT2D eigenvalue weighted by Gasteiger charge is -2.64. The van der Waals surface area contributed by atoms with Gasteiger partial charge in [0.2, 0.25) is 0 Å². The van der Waals surface area contributed by atoms with Gasteiger partial charge in [-0.15, -0.1) is 0 Å². The molecule has 5 atom stereocenters. The van der Waals surface area contributed by atoms with Crippen molar-refractivity contribution in [1.29, 1.82) is 0 Å². The number of Topliss-reactive ketones (excluding diaryl/α,β-unsaturated/α-hetero) is 1. The van der Waals surface area contributed by atoms with Crippen LogP contribution in [0.2, 0.25) is 0 Å². The molecule has 3 aliphatic carbocycles. The first kappa shape index (κ1) is 17.9. The van der Waals surface area contributed by atoms with Crippen molar-refractivity contribution in [3.63, 3.8) is 0 Å². The van der Waals surface area contributed by atoms with E-state index in [0.717, 1.165) is 47.5 Å². The van der Waals surface area contributed by atoms with E-state index in [1.165, 1.54) is 19.8 Å². The molecule has 2 heterocycles. The van der Waals surface area contributed by atoms with Crippen LogP contribution in [0.25, 0.3) is 0 Å². The molecule has 6 nitrogen and oxygen atoms in total. The molecule has 2 aliphatic heterocycles. The van der Waals surface area contributed by atoms with E-state index < -0.39 is 23.1 Å². The molecule has 2 bridgehead atoms. The largest absolute Gasteiger partial charge is 0.477 e. The Hall–Kier alpha value is -1.92.